The number of carbonyl (C=O) groups is 2. The Labute approximate surface area is 211 Å². The van der Waals surface area contributed by atoms with Crippen molar-refractivity contribution in [3.8, 4) is 0 Å². The molecule has 37 heavy (non-hydrogen) atoms. The van der Waals surface area contributed by atoms with E-state index >= 15 is 0 Å². The van der Waals surface area contributed by atoms with Gasteiger partial charge in [0, 0.05) is 58.0 Å². The second kappa shape index (κ2) is 10.4. The smallest absolute Gasteiger partial charge is 0.354 e. The van der Waals surface area contributed by atoms with Gasteiger partial charge in [0.25, 0.3) is 0 Å². The van der Waals surface area contributed by atoms with E-state index in [9.17, 15) is 14.7 Å². The molecule has 0 unspecified atom stereocenters. The fourth-order valence-electron chi connectivity index (χ4n) is 3.98. The van der Waals surface area contributed by atoms with Crippen LogP contribution in [0.1, 0.15) is 21.0 Å². The number of benzene rings is 2. The third-order valence-electron chi connectivity index (χ3n) is 5.67. The van der Waals surface area contributed by atoms with Crippen LogP contribution in [0.5, 0.6) is 0 Å². The van der Waals surface area contributed by atoms with Crippen molar-refractivity contribution in [2.45, 2.75) is 0 Å². The van der Waals surface area contributed by atoms with Crippen LogP contribution in [0.25, 0.3) is 21.8 Å². The lowest BCUT2D eigenvalue weighted by Gasteiger charge is -2.05. The van der Waals surface area contributed by atoms with Gasteiger partial charge in [-0.05, 0) is 36.4 Å². The Kier molecular flexibility index (Phi) is 6.58. The molecule has 0 saturated heterocycles. The minimum absolute atomic E-state index is 0.151. The molecule has 0 amide bonds. The number of aromatic amines is 2. The molecule has 0 fully saturated rings. The van der Waals surface area contributed by atoms with Gasteiger partial charge in [-0.25, -0.2) is 4.79 Å². The first-order valence-corrected chi connectivity index (χ1v) is 11.4. The molecule has 9 heteroatoms. The Morgan fingerprint density at radius 1 is 0.703 bits per heavy atom. The van der Waals surface area contributed by atoms with Crippen LogP contribution < -0.4 is 10.6 Å². The molecular formula is C28H22N6O3. The minimum Gasteiger partial charge on any atom is -0.477 e. The Morgan fingerprint density at radius 2 is 1.19 bits per heavy atom. The van der Waals surface area contributed by atoms with Crippen LogP contribution >= 0.6 is 0 Å². The van der Waals surface area contributed by atoms with Crippen molar-refractivity contribution in [2.24, 2.45) is 0 Å². The summed E-state index contributed by atoms with van der Waals surface area (Å²) in [6.07, 6.45) is 7.54. The third-order valence-corrected chi connectivity index (χ3v) is 5.67. The summed E-state index contributed by atoms with van der Waals surface area (Å²) in [6, 6.07) is 22.5. The first-order valence-electron chi connectivity index (χ1n) is 11.4. The highest BCUT2D eigenvalue weighted by Gasteiger charge is 2.16. The van der Waals surface area contributed by atoms with Crippen molar-refractivity contribution >= 4 is 56.8 Å². The average molecular weight is 491 g/mol. The van der Waals surface area contributed by atoms with Gasteiger partial charge >= 0.3 is 5.97 Å². The summed E-state index contributed by atoms with van der Waals surface area (Å²) >= 11 is 0. The second-order valence-electron chi connectivity index (χ2n) is 8.02. The van der Waals surface area contributed by atoms with E-state index in [1.165, 1.54) is 0 Å². The summed E-state index contributed by atoms with van der Waals surface area (Å²) < 4.78 is 0. The zero-order valence-electron chi connectivity index (χ0n) is 19.5. The van der Waals surface area contributed by atoms with Crippen molar-refractivity contribution in [1.29, 1.82) is 0 Å². The first-order chi connectivity index (χ1) is 18.1. The lowest BCUT2D eigenvalue weighted by Crippen LogP contribution is -2.01. The molecule has 0 radical (unpaired) electrons. The van der Waals surface area contributed by atoms with E-state index in [0.717, 1.165) is 45.2 Å². The van der Waals surface area contributed by atoms with Gasteiger partial charge in [0.1, 0.15) is 11.4 Å². The van der Waals surface area contributed by atoms with E-state index < -0.39 is 5.97 Å². The average Bonchev–Trinajstić information content (AvgIpc) is 3.49. The molecule has 6 aromatic rings. The standard InChI is InChI=1S/C14H11N3O2.C14H11N3O/c18-14(19)13-12(16-9-5-7-15-8-6-9)10-3-1-2-4-11(10)17-13;18-9-13-14(16-10-5-7-15-8-6-10)11-3-1-2-4-12(11)17-13/h1-8,17H,(H,15,16)(H,18,19);1-9,17H,(H,15,16). The molecular weight excluding hydrogens is 468 g/mol. The molecule has 0 spiro atoms. The molecule has 0 saturated carbocycles. The topological polar surface area (TPSA) is 136 Å². The number of aldehydes is 1. The fourth-order valence-corrected chi connectivity index (χ4v) is 3.98. The van der Waals surface area contributed by atoms with Crippen molar-refractivity contribution in [3.05, 3.63) is 109 Å². The molecule has 0 atom stereocenters. The number of nitrogens with zero attached hydrogens (tertiary/aromatic N) is 2. The number of anilines is 4. The maximum absolute atomic E-state index is 11.3. The number of nitrogens with one attached hydrogen (secondary N) is 4. The summed E-state index contributed by atoms with van der Waals surface area (Å²) in [5.74, 6) is -0.993. The van der Waals surface area contributed by atoms with Gasteiger partial charge in [0.15, 0.2) is 6.29 Å². The van der Waals surface area contributed by atoms with E-state index in [-0.39, 0.29) is 5.69 Å². The molecule has 5 N–H and O–H groups in total. The molecule has 4 aromatic heterocycles. The van der Waals surface area contributed by atoms with Crippen LogP contribution in [0.2, 0.25) is 0 Å². The summed E-state index contributed by atoms with van der Waals surface area (Å²) in [5.41, 5.74) is 5.49. The number of para-hydroxylation sites is 2. The zero-order chi connectivity index (χ0) is 25.6. The SMILES string of the molecule is O=C(O)c1[nH]c2ccccc2c1Nc1ccncc1.O=Cc1[nH]c2ccccc2c1Nc1ccncc1. The molecule has 0 aliphatic rings. The van der Waals surface area contributed by atoms with E-state index in [4.69, 9.17) is 0 Å². The number of H-pyrrole nitrogens is 2. The van der Waals surface area contributed by atoms with E-state index in [2.05, 4.69) is 30.6 Å². The molecule has 6 rings (SSSR count). The third kappa shape index (κ3) is 5.01. The van der Waals surface area contributed by atoms with Gasteiger partial charge in [0.2, 0.25) is 0 Å². The molecule has 2 aromatic carbocycles. The molecule has 4 heterocycles. The highest BCUT2D eigenvalue weighted by Crippen LogP contribution is 2.31. The monoisotopic (exact) mass is 490 g/mol. The van der Waals surface area contributed by atoms with E-state index in [1.54, 1.807) is 36.9 Å². The van der Waals surface area contributed by atoms with Crippen molar-refractivity contribution in [3.63, 3.8) is 0 Å². The lowest BCUT2D eigenvalue weighted by molar-refractivity contribution is 0.0692. The number of aromatic nitrogens is 4. The number of rotatable bonds is 6. The van der Waals surface area contributed by atoms with Crippen LogP contribution in [-0.2, 0) is 0 Å². The van der Waals surface area contributed by atoms with E-state index in [0.29, 0.717) is 11.4 Å². The molecule has 9 nitrogen and oxygen atoms in total. The number of hydrogen-bond donors (Lipinski definition) is 5. The van der Waals surface area contributed by atoms with Crippen LogP contribution in [-0.4, -0.2) is 37.3 Å². The fraction of sp³-hybridized carbons (Fsp3) is 0. The number of pyridine rings is 2. The van der Waals surface area contributed by atoms with Crippen molar-refractivity contribution < 1.29 is 14.7 Å². The maximum Gasteiger partial charge on any atom is 0.354 e. The van der Waals surface area contributed by atoms with Crippen molar-refractivity contribution in [2.75, 3.05) is 10.6 Å². The Hall–Kier alpha value is -5.44. The predicted molar refractivity (Wildman–Crippen MR) is 144 cm³/mol. The Bertz CT molecular complexity index is 1680. The lowest BCUT2D eigenvalue weighted by atomic mass is 10.2. The number of carboxylic acids is 1. The number of aromatic carboxylic acids is 1. The van der Waals surface area contributed by atoms with Crippen LogP contribution in [0.4, 0.5) is 22.7 Å². The highest BCUT2D eigenvalue weighted by atomic mass is 16.4. The summed E-state index contributed by atoms with van der Waals surface area (Å²) in [7, 11) is 0. The van der Waals surface area contributed by atoms with Gasteiger partial charge in [0.05, 0.1) is 11.4 Å². The van der Waals surface area contributed by atoms with Gasteiger partial charge < -0.3 is 25.7 Å². The van der Waals surface area contributed by atoms with Gasteiger partial charge in [-0.15, -0.1) is 0 Å². The van der Waals surface area contributed by atoms with Crippen LogP contribution in [0.15, 0.2) is 97.6 Å². The van der Waals surface area contributed by atoms with Gasteiger partial charge in [-0.3, -0.25) is 14.8 Å². The molecule has 0 aliphatic heterocycles. The van der Waals surface area contributed by atoms with Gasteiger partial charge in [-0.2, -0.15) is 0 Å². The summed E-state index contributed by atoms with van der Waals surface area (Å²) in [4.78, 5) is 36.3. The highest BCUT2D eigenvalue weighted by molar-refractivity contribution is 6.06. The van der Waals surface area contributed by atoms with Gasteiger partial charge in [-0.1, -0.05) is 36.4 Å². The zero-order valence-corrected chi connectivity index (χ0v) is 19.5. The first kappa shape index (κ1) is 23.3. The molecule has 182 valence electrons. The number of hydrogen-bond acceptors (Lipinski definition) is 6. The van der Waals surface area contributed by atoms with Crippen LogP contribution in [0, 0.1) is 0 Å². The van der Waals surface area contributed by atoms with Crippen LogP contribution in [0.3, 0.4) is 0 Å². The Balaban J connectivity index is 0.000000152. The summed E-state index contributed by atoms with van der Waals surface area (Å²) in [6.45, 7) is 0. The Morgan fingerprint density at radius 3 is 1.73 bits per heavy atom. The minimum atomic E-state index is -0.993. The number of fused-ring (bicyclic) bond motifs is 2. The quantitative estimate of drug-likeness (QED) is 0.177. The molecule has 0 aliphatic carbocycles. The number of carbonyl (C=O) groups excluding carboxylic acids is 1. The molecule has 0 bridgehead atoms. The van der Waals surface area contributed by atoms with Crippen molar-refractivity contribution in [1.82, 2.24) is 19.9 Å². The largest absolute Gasteiger partial charge is 0.477 e. The normalized spacial score (nSPS) is 10.5. The summed E-state index contributed by atoms with van der Waals surface area (Å²) in [5, 5.41) is 17.5. The second-order valence-corrected chi connectivity index (χ2v) is 8.02. The number of carboxylic acid groups (broad SMARTS) is 1. The maximum atomic E-state index is 11.3. The predicted octanol–water partition coefficient (Wildman–Crippen LogP) is 6.12. The van der Waals surface area contributed by atoms with E-state index in [1.807, 2.05) is 60.7 Å².